The molecule has 2 atom stereocenters. The first-order valence-corrected chi connectivity index (χ1v) is 9.17. The fraction of sp³-hybridized carbons (Fsp3) is 0.455. The molecule has 0 radical (unpaired) electrons. The Bertz CT molecular complexity index is 639. The summed E-state index contributed by atoms with van der Waals surface area (Å²) < 4.78 is 12.2. The fourth-order valence-corrected chi connectivity index (χ4v) is 3.43. The van der Waals surface area contributed by atoms with Crippen LogP contribution in [0.15, 0.2) is 54.6 Å². The van der Waals surface area contributed by atoms with Crippen LogP contribution in [0.5, 0.6) is 0 Å². The topological polar surface area (TPSA) is 21.7 Å². The third kappa shape index (κ3) is 4.91. The molecule has 2 aromatic rings. The van der Waals surface area contributed by atoms with Crippen LogP contribution >= 0.6 is 0 Å². The van der Waals surface area contributed by atoms with Gasteiger partial charge in [-0.1, -0.05) is 74.0 Å². The third-order valence-electron chi connectivity index (χ3n) is 4.61. The first-order valence-electron chi connectivity index (χ1n) is 9.17. The van der Waals surface area contributed by atoms with Crippen molar-refractivity contribution in [2.24, 2.45) is 5.92 Å². The van der Waals surface area contributed by atoms with E-state index in [1.165, 1.54) is 16.7 Å². The van der Waals surface area contributed by atoms with Crippen LogP contribution in [-0.4, -0.2) is 30.9 Å². The highest BCUT2D eigenvalue weighted by Crippen LogP contribution is 2.31. The molecule has 3 rings (SSSR count). The van der Waals surface area contributed by atoms with Crippen molar-refractivity contribution in [2.45, 2.75) is 39.5 Å². The van der Waals surface area contributed by atoms with Gasteiger partial charge in [-0.2, -0.15) is 0 Å². The minimum atomic E-state index is 0.0374. The van der Waals surface area contributed by atoms with E-state index in [4.69, 9.17) is 9.47 Å². The number of nitrogens with zero attached hydrogens (tertiary/aromatic N) is 1. The van der Waals surface area contributed by atoms with Crippen LogP contribution in [0.3, 0.4) is 0 Å². The maximum absolute atomic E-state index is 6.31. The van der Waals surface area contributed by atoms with E-state index in [0.717, 1.165) is 6.54 Å². The minimum Gasteiger partial charge on any atom is -0.369 e. The lowest BCUT2D eigenvalue weighted by atomic mass is 9.97. The molecule has 0 saturated carbocycles. The van der Waals surface area contributed by atoms with Crippen molar-refractivity contribution in [3.8, 4) is 0 Å². The van der Waals surface area contributed by atoms with Crippen LogP contribution in [0.1, 0.15) is 36.6 Å². The zero-order valence-corrected chi connectivity index (χ0v) is 15.5. The molecule has 0 aromatic heterocycles. The molecule has 2 aromatic carbocycles. The van der Waals surface area contributed by atoms with Gasteiger partial charge >= 0.3 is 0 Å². The van der Waals surface area contributed by atoms with Gasteiger partial charge < -0.3 is 9.47 Å². The Morgan fingerprint density at radius 2 is 1.80 bits per heavy atom. The minimum absolute atomic E-state index is 0.0374. The van der Waals surface area contributed by atoms with Gasteiger partial charge in [-0.25, -0.2) is 0 Å². The van der Waals surface area contributed by atoms with Gasteiger partial charge in [-0.15, -0.1) is 0 Å². The van der Waals surface area contributed by atoms with Crippen LogP contribution in [0.2, 0.25) is 0 Å². The second-order valence-corrected chi connectivity index (χ2v) is 7.36. The summed E-state index contributed by atoms with van der Waals surface area (Å²) in [7, 11) is 0. The maximum Gasteiger partial charge on any atom is 0.101 e. The van der Waals surface area contributed by atoms with Gasteiger partial charge in [0.2, 0.25) is 0 Å². The van der Waals surface area contributed by atoms with Crippen LogP contribution < -0.4 is 0 Å². The van der Waals surface area contributed by atoms with Crippen molar-refractivity contribution in [1.82, 2.24) is 4.90 Å². The molecule has 0 unspecified atom stereocenters. The summed E-state index contributed by atoms with van der Waals surface area (Å²) in [6, 6.07) is 19.4. The number of benzene rings is 2. The first kappa shape index (κ1) is 18.1. The molecule has 1 aliphatic heterocycles. The van der Waals surface area contributed by atoms with E-state index < -0.39 is 0 Å². The standard InChI is InChI=1S/C22H29NO2/c1-17(2)13-23-16-24-15-21(25-14-19-7-5-4-6-8-19)22(23)20-11-9-18(3)10-12-20/h4-12,17,21-22H,13-16H2,1-3H3/t21-,22-/m1/s1. The van der Waals surface area contributed by atoms with Crippen LogP contribution in [0, 0.1) is 12.8 Å². The van der Waals surface area contributed by atoms with E-state index in [0.29, 0.717) is 25.9 Å². The summed E-state index contributed by atoms with van der Waals surface area (Å²) in [6.45, 7) is 9.56. The van der Waals surface area contributed by atoms with Crippen molar-refractivity contribution in [1.29, 1.82) is 0 Å². The summed E-state index contributed by atoms with van der Waals surface area (Å²) >= 11 is 0. The molecule has 0 aliphatic carbocycles. The van der Waals surface area contributed by atoms with Crippen molar-refractivity contribution in [3.05, 3.63) is 71.3 Å². The maximum atomic E-state index is 6.31. The van der Waals surface area contributed by atoms with Crippen LogP contribution in [0.4, 0.5) is 0 Å². The summed E-state index contributed by atoms with van der Waals surface area (Å²) in [5.74, 6) is 0.587. The molecular formula is C22H29NO2. The number of ether oxygens (including phenoxy) is 2. The average Bonchev–Trinajstić information content (AvgIpc) is 2.61. The van der Waals surface area contributed by atoms with E-state index in [2.05, 4.69) is 74.2 Å². The predicted octanol–water partition coefficient (Wildman–Crippen LogP) is 4.57. The Hall–Kier alpha value is -1.68. The Labute approximate surface area is 151 Å². The van der Waals surface area contributed by atoms with Gasteiger partial charge in [0.25, 0.3) is 0 Å². The number of aryl methyl sites for hydroxylation is 1. The highest BCUT2D eigenvalue weighted by molar-refractivity contribution is 5.25. The van der Waals surface area contributed by atoms with Gasteiger partial charge in [0.1, 0.15) is 6.10 Å². The summed E-state index contributed by atoms with van der Waals surface area (Å²) in [5, 5.41) is 0. The molecule has 3 heteroatoms. The largest absolute Gasteiger partial charge is 0.369 e. The highest BCUT2D eigenvalue weighted by Gasteiger charge is 2.34. The monoisotopic (exact) mass is 339 g/mol. The van der Waals surface area contributed by atoms with E-state index in [1.807, 2.05) is 6.07 Å². The van der Waals surface area contributed by atoms with E-state index in [1.54, 1.807) is 0 Å². The zero-order chi connectivity index (χ0) is 17.6. The lowest BCUT2D eigenvalue weighted by molar-refractivity contribution is -0.150. The first-order chi connectivity index (χ1) is 12.1. The van der Waals surface area contributed by atoms with Crippen molar-refractivity contribution < 1.29 is 9.47 Å². The molecule has 1 saturated heterocycles. The van der Waals surface area contributed by atoms with Gasteiger partial charge in [-0.3, -0.25) is 4.90 Å². The molecule has 1 fully saturated rings. The normalized spacial score (nSPS) is 21.6. The second-order valence-electron chi connectivity index (χ2n) is 7.36. The van der Waals surface area contributed by atoms with E-state index in [9.17, 15) is 0 Å². The molecule has 1 heterocycles. The molecular weight excluding hydrogens is 310 g/mol. The smallest absolute Gasteiger partial charge is 0.101 e. The van der Waals surface area contributed by atoms with Crippen molar-refractivity contribution in [3.63, 3.8) is 0 Å². The Morgan fingerprint density at radius 3 is 2.48 bits per heavy atom. The molecule has 134 valence electrons. The number of hydrogen-bond acceptors (Lipinski definition) is 3. The lowest BCUT2D eigenvalue weighted by Gasteiger charge is -2.42. The second kappa shape index (κ2) is 8.61. The summed E-state index contributed by atoms with van der Waals surface area (Å²) in [4.78, 5) is 2.41. The Morgan fingerprint density at radius 1 is 1.08 bits per heavy atom. The SMILES string of the molecule is Cc1ccc([C@@H]2[C@H](OCc3ccccc3)COCN2CC(C)C)cc1. The predicted molar refractivity (Wildman–Crippen MR) is 101 cm³/mol. The average molecular weight is 339 g/mol. The van der Waals surface area contributed by atoms with Crippen LogP contribution in [0.25, 0.3) is 0 Å². The van der Waals surface area contributed by atoms with Crippen molar-refractivity contribution in [2.75, 3.05) is 19.9 Å². The van der Waals surface area contributed by atoms with Gasteiger partial charge in [0.05, 0.1) is 26.0 Å². The molecule has 0 N–H and O–H groups in total. The van der Waals surface area contributed by atoms with E-state index >= 15 is 0 Å². The van der Waals surface area contributed by atoms with Gasteiger partial charge in [0, 0.05) is 6.54 Å². The third-order valence-corrected chi connectivity index (χ3v) is 4.61. The zero-order valence-electron chi connectivity index (χ0n) is 15.5. The fourth-order valence-electron chi connectivity index (χ4n) is 3.43. The van der Waals surface area contributed by atoms with Crippen LogP contribution in [-0.2, 0) is 16.1 Å². The Balaban J connectivity index is 1.79. The molecule has 0 spiro atoms. The summed E-state index contributed by atoms with van der Waals surface area (Å²) in [6.07, 6.45) is 0.0374. The molecule has 3 nitrogen and oxygen atoms in total. The van der Waals surface area contributed by atoms with E-state index in [-0.39, 0.29) is 12.1 Å². The quantitative estimate of drug-likeness (QED) is 0.770. The molecule has 0 amide bonds. The molecule has 25 heavy (non-hydrogen) atoms. The highest BCUT2D eigenvalue weighted by atomic mass is 16.5. The molecule has 0 bridgehead atoms. The van der Waals surface area contributed by atoms with Gasteiger partial charge in [-0.05, 0) is 24.0 Å². The Kier molecular flexibility index (Phi) is 6.24. The molecule has 1 aliphatic rings. The van der Waals surface area contributed by atoms with Crippen molar-refractivity contribution >= 4 is 0 Å². The summed E-state index contributed by atoms with van der Waals surface area (Å²) in [5.41, 5.74) is 3.80. The number of hydrogen-bond donors (Lipinski definition) is 0. The van der Waals surface area contributed by atoms with Gasteiger partial charge in [0.15, 0.2) is 0 Å². The number of rotatable bonds is 6. The lowest BCUT2D eigenvalue weighted by Crippen LogP contribution is -2.47.